The van der Waals surface area contributed by atoms with E-state index in [2.05, 4.69) is 230 Å². The normalized spacial score (nSPS) is 13.1. The van der Waals surface area contributed by atoms with E-state index in [1.54, 1.807) is 0 Å². The van der Waals surface area contributed by atoms with Crippen molar-refractivity contribution < 1.29 is 4.42 Å². The monoisotopic (exact) mass is 946 g/mol. The van der Waals surface area contributed by atoms with E-state index in [1.165, 1.54) is 60.5 Å². The highest BCUT2D eigenvalue weighted by atomic mass is 16.3. The third-order valence-corrected chi connectivity index (χ3v) is 16.0. The first kappa shape index (κ1) is 45.3. The van der Waals surface area contributed by atoms with Crippen LogP contribution >= 0.6 is 0 Å². The van der Waals surface area contributed by atoms with Gasteiger partial charge in [0.1, 0.15) is 44.8 Å². The van der Waals surface area contributed by atoms with E-state index >= 15 is 0 Å². The van der Waals surface area contributed by atoms with Gasteiger partial charge in [0.25, 0.3) is 0 Å². The number of hydrogen-bond acceptors (Lipinski definition) is 2. The summed E-state index contributed by atoms with van der Waals surface area (Å²) in [5.41, 5.74) is 15.2. The molecule has 0 saturated carbocycles. The number of anilines is 3. The Bertz CT molecular complexity index is 4450. The molecule has 75 heavy (non-hydrogen) atoms. The minimum Gasteiger partial charge on any atom is -0.454 e. The zero-order valence-corrected chi connectivity index (χ0v) is 41.8. The Hall–Kier alpha value is -8.34. The zero-order valence-electron chi connectivity index (χ0n) is 41.8. The number of furan rings is 1. The van der Waals surface area contributed by atoms with Crippen molar-refractivity contribution in [2.75, 3.05) is 4.90 Å². The van der Waals surface area contributed by atoms with Gasteiger partial charge >= 0.3 is 0 Å². The van der Waals surface area contributed by atoms with Crippen LogP contribution in [-0.4, -0.2) is 43.8 Å². The average Bonchev–Trinajstić information content (AvgIpc) is 4.31. The van der Waals surface area contributed by atoms with Crippen molar-refractivity contribution in [1.29, 1.82) is 0 Å². The fourth-order valence-corrected chi connectivity index (χ4v) is 12.6. The summed E-state index contributed by atoms with van der Waals surface area (Å²) in [5.74, 6) is 0. The van der Waals surface area contributed by atoms with Gasteiger partial charge in [0.05, 0.1) is 22.1 Å². The van der Waals surface area contributed by atoms with Gasteiger partial charge in [-0.1, -0.05) is 189 Å². The van der Waals surface area contributed by atoms with Crippen molar-refractivity contribution in [3.05, 3.63) is 234 Å². The van der Waals surface area contributed by atoms with Crippen molar-refractivity contribution in [3.8, 4) is 16.8 Å². The molecule has 11 aromatic carbocycles. The van der Waals surface area contributed by atoms with Crippen LogP contribution in [-0.2, 0) is 10.8 Å². The fourth-order valence-electron chi connectivity index (χ4n) is 12.6. The van der Waals surface area contributed by atoms with Gasteiger partial charge in [0.2, 0.25) is 0 Å². The molecule has 3 nitrogen and oxygen atoms in total. The average molecular weight is 946 g/mol. The van der Waals surface area contributed by atoms with Gasteiger partial charge in [-0.3, -0.25) is 0 Å². The number of fused-ring (bicyclic) bond motifs is 15. The van der Waals surface area contributed by atoms with Crippen molar-refractivity contribution in [3.63, 3.8) is 0 Å². The van der Waals surface area contributed by atoms with Crippen LogP contribution in [0.4, 0.5) is 17.1 Å². The molecule has 0 unspecified atom stereocenters. The highest BCUT2D eigenvalue weighted by molar-refractivity contribution is 6.68. The van der Waals surface area contributed by atoms with Gasteiger partial charge < -0.3 is 13.9 Å². The highest BCUT2D eigenvalue weighted by Crippen LogP contribution is 2.64. The molecule has 8 heteroatoms. The summed E-state index contributed by atoms with van der Waals surface area (Å²) < 4.78 is 9.43. The molecular formula is C67H43B5N2O. The Morgan fingerprint density at radius 2 is 0.947 bits per heavy atom. The third-order valence-electron chi connectivity index (χ3n) is 16.0. The molecule has 0 fully saturated rings. The van der Waals surface area contributed by atoms with Gasteiger partial charge in [-0.05, 0) is 114 Å². The van der Waals surface area contributed by atoms with Gasteiger partial charge in [-0.15, -0.1) is 16.4 Å². The number of benzene rings is 11. The molecule has 0 aliphatic heterocycles. The maximum absolute atomic E-state index is 7.38. The van der Waals surface area contributed by atoms with Crippen LogP contribution in [0.15, 0.2) is 211 Å². The molecule has 13 aromatic rings. The smallest absolute Gasteiger partial charge is 0.160 e. The van der Waals surface area contributed by atoms with Crippen LogP contribution in [0, 0.1) is 0 Å². The van der Waals surface area contributed by atoms with Gasteiger partial charge in [0, 0.05) is 38.6 Å². The predicted octanol–water partition coefficient (Wildman–Crippen LogP) is 12.1. The second-order valence-corrected chi connectivity index (χ2v) is 21.0. The van der Waals surface area contributed by atoms with E-state index in [-0.39, 0.29) is 32.7 Å². The van der Waals surface area contributed by atoms with Crippen molar-refractivity contribution in [2.45, 2.75) is 31.6 Å². The van der Waals surface area contributed by atoms with Crippen molar-refractivity contribution >= 4 is 149 Å². The molecule has 342 valence electrons. The molecule has 0 saturated heterocycles. The first-order chi connectivity index (χ1) is 36.5. The third kappa shape index (κ3) is 6.35. The first-order valence-electron chi connectivity index (χ1n) is 25.5. The number of aromatic nitrogens is 1. The summed E-state index contributed by atoms with van der Waals surface area (Å²) in [7, 11) is 33.1. The minimum atomic E-state index is -0.792. The Morgan fingerprint density at radius 1 is 0.440 bits per heavy atom. The van der Waals surface area contributed by atoms with Crippen LogP contribution in [0.1, 0.15) is 48.6 Å². The van der Waals surface area contributed by atoms with Crippen molar-refractivity contribution in [1.82, 2.24) is 4.57 Å². The van der Waals surface area contributed by atoms with E-state index in [9.17, 15) is 0 Å². The molecule has 1 aliphatic carbocycles. The van der Waals surface area contributed by atoms with E-state index in [4.69, 9.17) is 43.6 Å². The molecular weight excluding hydrogens is 903 g/mol. The molecule has 0 spiro atoms. The molecule has 1 aliphatic rings. The lowest BCUT2D eigenvalue weighted by molar-refractivity contribution is 0.590. The molecule has 10 radical (unpaired) electrons. The molecule has 14 rings (SSSR count). The summed E-state index contributed by atoms with van der Waals surface area (Å²) in [6.45, 7) is 6.75. The standard InChI is InChI=1S/C67H43B5N2O/c1-66(2,3)38-30-32-41(33-31-38)73(42-34-35-52-49(36-42)45-24-14-16-28-51(45)74(52)64-62(71)60(69)59(68)61(70)63(64)72)53-37-50-57(56-48-27-15-17-29-54(48)75-65(53)56)55-46-25-12-10-22-43(46)44-23-11-13-26-47(44)58(55)67(50,39-18-6-4-7-19-39)40-20-8-5-9-21-40/h4-37H,1-3H3. The Morgan fingerprint density at radius 3 is 1.59 bits per heavy atom. The lowest BCUT2D eigenvalue weighted by Crippen LogP contribution is -2.56. The molecule has 0 atom stereocenters. The maximum atomic E-state index is 7.38. The van der Waals surface area contributed by atoms with Crippen molar-refractivity contribution in [2.24, 2.45) is 0 Å². The van der Waals surface area contributed by atoms with Gasteiger partial charge in [-0.2, -0.15) is 0 Å². The number of para-hydroxylation sites is 2. The zero-order chi connectivity index (χ0) is 51.1. The minimum absolute atomic E-state index is 0.0788. The number of hydrogen-bond donors (Lipinski definition) is 0. The van der Waals surface area contributed by atoms with Gasteiger partial charge in [-0.25, -0.2) is 0 Å². The van der Waals surface area contributed by atoms with E-state index in [0.29, 0.717) is 5.69 Å². The summed E-state index contributed by atoms with van der Waals surface area (Å²) >= 11 is 0. The summed E-state index contributed by atoms with van der Waals surface area (Å²) in [4.78, 5) is 2.38. The lowest BCUT2D eigenvalue weighted by atomic mass is 9.61. The Labute approximate surface area is 442 Å². The van der Waals surface area contributed by atoms with Crippen LogP contribution < -0.4 is 32.2 Å². The first-order valence-corrected chi connectivity index (χ1v) is 25.5. The largest absolute Gasteiger partial charge is 0.454 e. The lowest BCUT2D eigenvalue weighted by Gasteiger charge is -2.36. The number of nitrogens with zero attached hydrogens (tertiary/aromatic N) is 2. The molecule has 0 N–H and O–H groups in total. The van der Waals surface area contributed by atoms with E-state index in [0.717, 1.165) is 60.8 Å². The highest BCUT2D eigenvalue weighted by Gasteiger charge is 2.50. The van der Waals surface area contributed by atoms with Gasteiger partial charge in [0.15, 0.2) is 5.58 Å². The predicted molar refractivity (Wildman–Crippen MR) is 321 cm³/mol. The molecule has 2 aromatic heterocycles. The van der Waals surface area contributed by atoms with E-state index in [1.807, 2.05) is 6.07 Å². The topological polar surface area (TPSA) is 21.3 Å². The SMILES string of the molecule is [B]c1c([B])c([B])c(-n2c3ccccc3c3cc(N(c4ccc(C(C)(C)C)cc4)c4cc5c(c6c4oc4ccccc46)-c4c(c6ccccc6c6ccccc46)C5(c4ccccc4)c4ccccc4)ccc32)c([B])c1[B]. The summed E-state index contributed by atoms with van der Waals surface area (Å²) in [5, 5.41) is 8.90. The van der Waals surface area contributed by atoms with E-state index < -0.39 is 5.41 Å². The molecule has 2 heterocycles. The van der Waals surface area contributed by atoms with Crippen LogP contribution in [0.2, 0.25) is 0 Å². The molecule has 0 bridgehead atoms. The second kappa shape index (κ2) is 16.6. The molecule has 0 amide bonds. The summed E-state index contributed by atoms with van der Waals surface area (Å²) in [6, 6.07) is 74.8. The van der Waals surface area contributed by atoms with Crippen LogP contribution in [0.3, 0.4) is 0 Å². The Kier molecular flexibility index (Phi) is 10.0. The van der Waals surface area contributed by atoms with Crippen LogP contribution in [0.25, 0.3) is 82.1 Å². The fraction of sp³-hybridized carbons (Fsp3) is 0.0746. The maximum Gasteiger partial charge on any atom is 0.160 e. The summed E-state index contributed by atoms with van der Waals surface area (Å²) in [6.07, 6.45) is 0. The Balaban J connectivity index is 1.16. The quantitative estimate of drug-likeness (QED) is 0.122. The van der Waals surface area contributed by atoms with Crippen LogP contribution in [0.5, 0.6) is 0 Å². The second-order valence-electron chi connectivity index (χ2n) is 21.0. The number of rotatable bonds is 6.